The first-order chi connectivity index (χ1) is 13.8. The zero-order valence-corrected chi connectivity index (χ0v) is 16.2. The van der Waals surface area contributed by atoms with Crippen molar-refractivity contribution in [2.75, 3.05) is 23.3 Å². The third-order valence-corrected chi connectivity index (χ3v) is 5.14. The maximum atomic E-state index is 5.84. The highest BCUT2D eigenvalue weighted by Crippen LogP contribution is 2.24. The molecule has 0 amide bonds. The maximum Gasteiger partial charge on any atom is 0.135 e. The average Bonchev–Trinajstić information content (AvgIpc) is 2.75. The molecular weight excluding hydrogens is 348 g/mol. The van der Waals surface area contributed by atoms with Crippen molar-refractivity contribution in [3.05, 3.63) is 72.6 Å². The number of hydrogen-bond acceptors (Lipinski definition) is 5. The lowest BCUT2D eigenvalue weighted by atomic mass is 9.99. The molecule has 1 saturated heterocycles. The van der Waals surface area contributed by atoms with Crippen LogP contribution in [-0.2, 0) is 6.61 Å². The van der Waals surface area contributed by atoms with Gasteiger partial charge in [0.1, 0.15) is 30.3 Å². The molecular formula is C23H26N4O. The molecule has 1 aliphatic heterocycles. The summed E-state index contributed by atoms with van der Waals surface area (Å²) in [6, 6.07) is 20.1. The lowest BCUT2D eigenvalue weighted by molar-refractivity contribution is 0.306. The van der Waals surface area contributed by atoms with Gasteiger partial charge in [0.25, 0.3) is 0 Å². The van der Waals surface area contributed by atoms with Crippen LogP contribution >= 0.6 is 0 Å². The first kappa shape index (κ1) is 18.3. The molecule has 1 fully saturated rings. The molecule has 0 spiro atoms. The van der Waals surface area contributed by atoms with Crippen LogP contribution in [0.1, 0.15) is 25.3 Å². The van der Waals surface area contributed by atoms with Crippen molar-refractivity contribution in [1.82, 2.24) is 9.97 Å². The second kappa shape index (κ2) is 8.74. The molecule has 2 heterocycles. The number of hydrogen-bond donors (Lipinski definition) is 1. The van der Waals surface area contributed by atoms with Crippen LogP contribution in [0.4, 0.5) is 17.3 Å². The first-order valence-corrected chi connectivity index (χ1v) is 9.87. The van der Waals surface area contributed by atoms with Gasteiger partial charge in [-0.25, -0.2) is 9.97 Å². The molecule has 0 radical (unpaired) electrons. The topological polar surface area (TPSA) is 50.3 Å². The quantitative estimate of drug-likeness (QED) is 0.655. The molecule has 0 saturated carbocycles. The summed E-state index contributed by atoms with van der Waals surface area (Å²) < 4.78 is 5.84. The Labute approximate surface area is 166 Å². The van der Waals surface area contributed by atoms with Gasteiger partial charge in [-0.1, -0.05) is 37.3 Å². The molecule has 28 heavy (non-hydrogen) atoms. The van der Waals surface area contributed by atoms with E-state index in [0.29, 0.717) is 6.61 Å². The second-order valence-electron chi connectivity index (χ2n) is 7.35. The molecule has 0 bridgehead atoms. The lowest BCUT2D eigenvalue weighted by Crippen LogP contribution is -2.33. The fraction of sp³-hybridized carbons (Fsp3) is 0.304. The van der Waals surface area contributed by atoms with Crippen molar-refractivity contribution in [2.45, 2.75) is 26.4 Å². The van der Waals surface area contributed by atoms with Gasteiger partial charge in [0, 0.05) is 24.8 Å². The Morgan fingerprint density at radius 1 is 1.00 bits per heavy atom. The van der Waals surface area contributed by atoms with Crippen LogP contribution in [0.25, 0.3) is 0 Å². The van der Waals surface area contributed by atoms with Crippen molar-refractivity contribution < 1.29 is 4.74 Å². The van der Waals surface area contributed by atoms with E-state index < -0.39 is 0 Å². The van der Waals surface area contributed by atoms with Crippen LogP contribution in [0.15, 0.2) is 67.0 Å². The Kier molecular flexibility index (Phi) is 5.71. The van der Waals surface area contributed by atoms with Crippen LogP contribution in [0.3, 0.4) is 0 Å². The summed E-state index contributed by atoms with van der Waals surface area (Å²) in [5.41, 5.74) is 2.13. The first-order valence-electron chi connectivity index (χ1n) is 9.87. The van der Waals surface area contributed by atoms with Gasteiger partial charge < -0.3 is 15.0 Å². The molecule has 0 unspecified atom stereocenters. The number of nitrogens with zero attached hydrogens (tertiary/aromatic N) is 3. The van der Waals surface area contributed by atoms with Crippen LogP contribution in [-0.4, -0.2) is 23.1 Å². The number of ether oxygens (including phenoxy) is 1. The third-order valence-electron chi connectivity index (χ3n) is 5.14. The van der Waals surface area contributed by atoms with Crippen molar-refractivity contribution in [2.24, 2.45) is 5.92 Å². The van der Waals surface area contributed by atoms with Gasteiger partial charge in [0.2, 0.25) is 0 Å². The highest BCUT2D eigenvalue weighted by atomic mass is 16.5. The number of piperidine rings is 1. The molecule has 0 atom stereocenters. The van der Waals surface area contributed by atoms with Crippen molar-refractivity contribution in [3.8, 4) is 5.75 Å². The summed E-state index contributed by atoms with van der Waals surface area (Å²) in [6.45, 7) is 5.00. The van der Waals surface area contributed by atoms with E-state index in [1.54, 1.807) is 6.33 Å². The summed E-state index contributed by atoms with van der Waals surface area (Å²) in [7, 11) is 0. The summed E-state index contributed by atoms with van der Waals surface area (Å²) in [5.74, 6) is 3.45. The van der Waals surface area contributed by atoms with Gasteiger partial charge in [-0.2, -0.15) is 0 Å². The Morgan fingerprint density at radius 2 is 1.75 bits per heavy atom. The number of aromatic nitrogens is 2. The minimum atomic E-state index is 0.567. The molecule has 1 N–H and O–H groups in total. The zero-order chi connectivity index (χ0) is 19.2. The van der Waals surface area contributed by atoms with Crippen molar-refractivity contribution >= 4 is 17.3 Å². The molecule has 144 valence electrons. The molecule has 0 aliphatic carbocycles. The Bertz CT molecular complexity index is 875. The largest absolute Gasteiger partial charge is 0.489 e. The predicted molar refractivity (Wildman–Crippen MR) is 113 cm³/mol. The SMILES string of the molecule is CC1CCN(c2cc(Nc3ccc(OCc4ccccc4)cc3)ncn2)CC1. The van der Waals surface area contributed by atoms with E-state index in [4.69, 9.17) is 4.74 Å². The van der Waals surface area contributed by atoms with Gasteiger partial charge in [0.15, 0.2) is 0 Å². The monoisotopic (exact) mass is 374 g/mol. The summed E-state index contributed by atoms with van der Waals surface area (Å²) in [4.78, 5) is 11.2. The Hall–Kier alpha value is -3.08. The van der Waals surface area contributed by atoms with Crippen molar-refractivity contribution in [3.63, 3.8) is 0 Å². The molecule has 5 heteroatoms. The fourth-order valence-corrected chi connectivity index (χ4v) is 3.35. The summed E-state index contributed by atoms with van der Waals surface area (Å²) >= 11 is 0. The number of nitrogens with one attached hydrogen (secondary N) is 1. The summed E-state index contributed by atoms with van der Waals surface area (Å²) in [6.07, 6.45) is 4.07. The van der Waals surface area contributed by atoms with Crippen molar-refractivity contribution in [1.29, 1.82) is 0 Å². The van der Waals surface area contributed by atoms with Crippen LogP contribution in [0.5, 0.6) is 5.75 Å². The second-order valence-corrected chi connectivity index (χ2v) is 7.35. The number of anilines is 3. The zero-order valence-electron chi connectivity index (χ0n) is 16.2. The normalized spacial score (nSPS) is 14.7. The van der Waals surface area contributed by atoms with E-state index in [0.717, 1.165) is 47.6 Å². The minimum Gasteiger partial charge on any atom is -0.489 e. The van der Waals surface area contributed by atoms with Crippen LogP contribution < -0.4 is 15.0 Å². The fourth-order valence-electron chi connectivity index (χ4n) is 3.35. The van der Waals surface area contributed by atoms with Crippen LogP contribution in [0.2, 0.25) is 0 Å². The molecule has 5 nitrogen and oxygen atoms in total. The molecule has 3 aromatic rings. The third kappa shape index (κ3) is 4.80. The average molecular weight is 374 g/mol. The van der Waals surface area contributed by atoms with E-state index >= 15 is 0 Å². The van der Waals surface area contributed by atoms with E-state index in [2.05, 4.69) is 39.2 Å². The van der Waals surface area contributed by atoms with Gasteiger partial charge in [0.05, 0.1) is 0 Å². The van der Waals surface area contributed by atoms with E-state index in [-0.39, 0.29) is 0 Å². The molecule has 1 aliphatic rings. The Morgan fingerprint density at radius 3 is 2.50 bits per heavy atom. The molecule has 1 aromatic heterocycles. The van der Waals surface area contributed by atoms with Gasteiger partial charge in [-0.3, -0.25) is 0 Å². The standard InChI is InChI=1S/C23H26N4O/c1-18-11-13-27(14-12-18)23-15-22(24-17-25-23)26-20-7-9-21(10-8-20)28-16-19-5-3-2-4-6-19/h2-10,15,17-18H,11-14,16H2,1H3,(H,24,25,26). The molecule has 4 rings (SSSR count). The van der Waals surface area contributed by atoms with E-state index in [1.807, 2.05) is 48.5 Å². The number of rotatable bonds is 6. The predicted octanol–water partition coefficient (Wildman–Crippen LogP) is 5.04. The number of benzene rings is 2. The van der Waals surface area contributed by atoms with Crippen LogP contribution in [0, 0.1) is 5.92 Å². The molecule has 2 aromatic carbocycles. The lowest BCUT2D eigenvalue weighted by Gasteiger charge is -2.31. The Balaban J connectivity index is 1.36. The minimum absolute atomic E-state index is 0.567. The highest BCUT2D eigenvalue weighted by molar-refractivity contribution is 5.60. The smallest absolute Gasteiger partial charge is 0.135 e. The van der Waals surface area contributed by atoms with E-state index in [1.165, 1.54) is 12.8 Å². The maximum absolute atomic E-state index is 5.84. The summed E-state index contributed by atoms with van der Waals surface area (Å²) in [5, 5.41) is 3.36. The van der Waals surface area contributed by atoms with Gasteiger partial charge in [-0.05, 0) is 48.6 Å². The highest BCUT2D eigenvalue weighted by Gasteiger charge is 2.17. The van der Waals surface area contributed by atoms with Gasteiger partial charge >= 0.3 is 0 Å². The van der Waals surface area contributed by atoms with Gasteiger partial charge in [-0.15, -0.1) is 0 Å². The van der Waals surface area contributed by atoms with E-state index in [9.17, 15) is 0 Å².